The van der Waals surface area contributed by atoms with Crippen molar-refractivity contribution in [1.29, 1.82) is 0 Å². The van der Waals surface area contributed by atoms with Crippen molar-refractivity contribution in [3.63, 3.8) is 0 Å². The molecule has 5 heteroatoms. The molecule has 0 atom stereocenters. The standard InChI is InChI=1S/C17H26N2O3/c1-13-11-14(5-6-15(13)21-4)16(20)18-12-17(19(2)3)7-9-22-10-8-17/h5-6,11H,7-10,12H2,1-4H3,(H,18,20). The van der Waals surface area contributed by atoms with Gasteiger partial charge in [-0.2, -0.15) is 0 Å². The molecular formula is C17H26N2O3. The van der Waals surface area contributed by atoms with Crippen molar-refractivity contribution < 1.29 is 14.3 Å². The molecule has 1 aromatic carbocycles. The van der Waals surface area contributed by atoms with E-state index in [9.17, 15) is 4.79 Å². The topological polar surface area (TPSA) is 50.8 Å². The van der Waals surface area contributed by atoms with Crippen LogP contribution in [-0.4, -0.2) is 57.3 Å². The molecule has 0 bridgehead atoms. The van der Waals surface area contributed by atoms with Crippen LogP contribution in [0.2, 0.25) is 0 Å². The van der Waals surface area contributed by atoms with E-state index in [-0.39, 0.29) is 11.4 Å². The SMILES string of the molecule is COc1ccc(C(=O)NCC2(N(C)C)CCOCC2)cc1C. The molecule has 1 amide bonds. The van der Waals surface area contributed by atoms with Crippen LogP contribution in [0, 0.1) is 6.92 Å². The van der Waals surface area contributed by atoms with Crippen LogP contribution in [-0.2, 0) is 4.74 Å². The number of hydrogen-bond donors (Lipinski definition) is 1. The Bertz CT molecular complexity index is 523. The van der Waals surface area contributed by atoms with Gasteiger partial charge in [-0.1, -0.05) is 0 Å². The average Bonchev–Trinajstić information content (AvgIpc) is 2.53. The van der Waals surface area contributed by atoms with Crippen molar-refractivity contribution >= 4 is 5.91 Å². The highest BCUT2D eigenvalue weighted by Crippen LogP contribution is 2.25. The molecular weight excluding hydrogens is 280 g/mol. The summed E-state index contributed by atoms with van der Waals surface area (Å²) in [5, 5.41) is 3.08. The maximum absolute atomic E-state index is 12.4. The number of likely N-dealkylation sites (N-methyl/N-ethyl adjacent to an activating group) is 1. The Balaban J connectivity index is 2.03. The number of hydrogen-bond acceptors (Lipinski definition) is 4. The van der Waals surface area contributed by atoms with Gasteiger partial charge in [0.2, 0.25) is 0 Å². The number of nitrogens with one attached hydrogen (secondary N) is 1. The second-order valence-electron chi connectivity index (χ2n) is 6.10. The van der Waals surface area contributed by atoms with Crippen LogP contribution >= 0.6 is 0 Å². The summed E-state index contributed by atoms with van der Waals surface area (Å²) in [7, 11) is 5.76. The van der Waals surface area contributed by atoms with Gasteiger partial charge in [-0.3, -0.25) is 4.79 Å². The van der Waals surface area contributed by atoms with Gasteiger partial charge in [0.1, 0.15) is 5.75 Å². The summed E-state index contributed by atoms with van der Waals surface area (Å²) in [5.74, 6) is 0.754. The number of carbonyl (C=O) groups excluding carboxylic acids is 1. The number of carbonyl (C=O) groups is 1. The van der Waals surface area contributed by atoms with Crippen molar-refractivity contribution in [2.75, 3.05) is 41.0 Å². The maximum atomic E-state index is 12.4. The van der Waals surface area contributed by atoms with E-state index >= 15 is 0 Å². The van der Waals surface area contributed by atoms with Crippen molar-refractivity contribution in [1.82, 2.24) is 10.2 Å². The number of aryl methyl sites for hydroxylation is 1. The lowest BCUT2D eigenvalue weighted by Gasteiger charge is -2.42. The van der Waals surface area contributed by atoms with Crippen molar-refractivity contribution in [3.05, 3.63) is 29.3 Å². The summed E-state index contributed by atoms with van der Waals surface area (Å²) in [6, 6.07) is 5.49. The summed E-state index contributed by atoms with van der Waals surface area (Å²) in [6.45, 7) is 4.06. The van der Waals surface area contributed by atoms with E-state index in [2.05, 4.69) is 24.3 Å². The van der Waals surface area contributed by atoms with Crippen LogP contribution in [0.25, 0.3) is 0 Å². The molecule has 0 saturated carbocycles. The highest BCUT2D eigenvalue weighted by Gasteiger charge is 2.35. The zero-order chi connectivity index (χ0) is 16.2. The maximum Gasteiger partial charge on any atom is 0.251 e. The molecule has 0 aliphatic carbocycles. The third-order valence-electron chi connectivity index (χ3n) is 4.61. The van der Waals surface area contributed by atoms with Crippen LogP contribution in [0.3, 0.4) is 0 Å². The van der Waals surface area contributed by atoms with Gasteiger partial charge in [-0.25, -0.2) is 0 Å². The third kappa shape index (κ3) is 3.59. The van der Waals surface area contributed by atoms with Gasteiger partial charge in [0.05, 0.1) is 7.11 Å². The molecule has 2 rings (SSSR count). The molecule has 1 aliphatic heterocycles. The first kappa shape index (κ1) is 16.8. The Labute approximate surface area is 132 Å². The Morgan fingerprint density at radius 2 is 2.05 bits per heavy atom. The Hall–Kier alpha value is -1.59. The first-order chi connectivity index (χ1) is 10.5. The summed E-state index contributed by atoms with van der Waals surface area (Å²) < 4.78 is 10.7. The van der Waals surface area contributed by atoms with E-state index in [0.717, 1.165) is 37.4 Å². The Morgan fingerprint density at radius 3 is 2.59 bits per heavy atom. The zero-order valence-electron chi connectivity index (χ0n) is 13.9. The summed E-state index contributed by atoms with van der Waals surface area (Å²) in [5.41, 5.74) is 1.61. The number of rotatable bonds is 5. The van der Waals surface area contributed by atoms with E-state index in [1.54, 1.807) is 13.2 Å². The predicted octanol–water partition coefficient (Wildman–Crippen LogP) is 1.84. The van der Waals surface area contributed by atoms with Crippen LogP contribution in [0.15, 0.2) is 18.2 Å². The average molecular weight is 306 g/mol. The number of ether oxygens (including phenoxy) is 2. The van der Waals surface area contributed by atoms with E-state index in [0.29, 0.717) is 12.1 Å². The number of methoxy groups -OCH3 is 1. The molecule has 1 aromatic rings. The van der Waals surface area contributed by atoms with Crippen molar-refractivity contribution in [2.45, 2.75) is 25.3 Å². The van der Waals surface area contributed by atoms with Crippen LogP contribution in [0.1, 0.15) is 28.8 Å². The fourth-order valence-electron chi connectivity index (χ4n) is 2.90. The molecule has 0 spiro atoms. The lowest BCUT2D eigenvalue weighted by atomic mass is 9.88. The summed E-state index contributed by atoms with van der Waals surface area (Å²) in [4.78, 5) is 14.6. The number of amides is 1. The minimum atomic E-state index is -0.0431. The van der Waals surface area contributed by atoms with Gasteiger partial charge < -0.3 is 19.7 Å². The van der Waals surface area contributed by atoms with E-state index < -0.39 is 0 Å². The number of nitrogens with zero attached hydrogens (tertiary/aromatic N) is 1. The van der Waals surface area contributed by atoms with Gasteiger partial charge in [0.15, 0.2) is 0 Å². The van der Waals surface area contributed by atoms with Crippen LogP contribution in [0.5, 0.6) is 5.75 Å². The van der Waals surface area contributed by atoms with Gasteiger partial charge >= 0.3 is 0 Å². The van der Waals surface area contributed by atoms with Crippen LogP contribution < -0.4 is 10.1 Å². The quantitative estimate of drug-likeness (QED) is 0.902. The highest BCUT2D eigenvalue weighted by molar-refractivity contribution is 5.94. The minimum Gasteiger partial charge on any atom is -0.496 e. The van der Waals surface area contributed by atoms with E-state index in [1.165, 1.54) is 0 Å². The molecule has 1 saturated heterocycles. The van der Waals surface area contributed by atoms with Gasteiger partial charge in [0, 0.05) is 30.9 Å². The minimum absolute atomic E-state index is 0.0184. The molecule has 0 unspecified atom stereocenters. The smallest absolute Gasteiger partial charge is 0.251 e. The summed E-state index contributed by atoms with van der Waals surface area (Å²) >= 11 is 0. The van der Waals surface area contributed by atoms with Gasteiger partial charge in [-0.15, -0.1) is 0 Å². The molecule has 1 N–H and O–H groups in total. The molecule has 1 aliphatic rings. The molecule has 5 nitrogen and oxygen atoms in total. The van der Waals surface area contributed by atoms with Gasteiger partial charge in [0.25, 0.3) is 5.91 Å². The monoisotopic (exact) mass is 306 g/mol. The number of benzene rings is 1. The van der Waals surface area contributed by atoms with E-state index in [1.807, 2.05) is 19.1 Å². The molecule has 22 heavy (non-hydrogen) atoms. The Kier molecular flexibility index (Phi) is 5.42. The zero-order valence-corrected chi connectivity index (χ0v) is 13.9. The molecule has 1 heterocycles. The summed E-state index contributed by atoms with van der Waals surface area (Å²) in [6.07, 6.45) is 1.86. The largest absolute Gasteiger partial charge is 0.496 e. The van der Waals surface area contributed by atoms with E-state index in [4.69, 9.17) is 9.47 Å². The third-order valence-corrected chi connectivity index (χ3v) is 4.61. The first-order valence-corrected chi connectivity index (χ1v) is 7.66. The fraction of sp³-hybridized carbons (Fsp3) is 0.588. The van der Waals surface area contributed by atoms with Crippen molar-refractivity contribution in [3.8, 4) is 5.75 Å². The molecule has 122 valence electrons. The second kappa shape index (κ2) is 7.11. The predicted molar refractivity (Wildman–Crippen MR) is 86.5 cm³/mol. The Morgan fingerprint density at radius 1 is 1.36 bits per heavy atom. The van der Waals surface area contributed by atoms with Crippen LogP contribution in [0.4, 0.5) is 0 Å². The van der Waals surface area contributed by atoms with Gasteiger partial charge in [-0.05, 0) is 57.6 Å². The lowest BCUT2D eigenvalue weighted by Crippen LogP contribution is -2.55. The normalized spacial score (nSPS) is 17.3. The molecule has 1 fully saturated rings. The lowest BCUT2D eigenvalue weighted by molar-refractivity contribution is -0.00658. The highest BCUT2D eigenvalue weighted by atomic mass is 16.5. The second-order valence-corrected chi connectivity index (χ2v) is 6.10. The molecule has 0 aromatic heterocycles. The van der Waals surface area contributed by atoms with Crippen molar-refractivity contribution in [2.24, 2.45) is 0 Å². The first-order valence-electron chi connectivity index (χ1n) is 7.66. The molecule has 0 radical (unpaired) electrons. The fourth-order valence-corrected chi connectivity index (χ4v) is 2.90.